The third-order valence-electron chi connectivity index (χ3n) is 5.56. The third kappa shape index (κ3) is 5.11. The molecule has 3 aromatic rings. The molecule has 1 N–H and O–H groups in total. The van der Waals surface area contributed by atoms with Crippen LogP contribution in [-0.4, -0.2) is 58.3 Å². The standard InChI is InChI=1S/C23H25F2N5O2/c1-32-22(31)18-7-10-26-15-20(18)27-21-19(17-5-3-2-4-6-17)16-30(28-21)14-13-29-11-8-23(24,25)9-12-29/h2-7,10,15-16H,8-9,11-14H2,1H3,(H,27,28). The first-order chi connectivity index (χ1) is 15.4. The van der Waals surface area contributed by atoms with Gasteiger partial charge in [-0.25, -0.2) is 13.6 Å². The molecule has 9 heteroatoms. The van der Waals surface area contributed by atoms with Crippen LogP contribution in [-0.2, 0) is 11.3 Å². The number of methoxy groups -OCH3 is 1. The maximum absolute atomic E-state index is 13.4. The van der Waals surface area contributed by atoms with Crippen LogP contribution in [0.3, 0.4) is 0 Å². The Labute approximate surface area is 185 Å². The van der Waals surface area contributed by atoms with Gasteiger partial charge in [0.1, 0.15) is 0 Å². The molecule has 0 atom stereocenters. The lowest BCUT2D eigenvalue weighted by molar-refractivity contribution is -0.0555. The monoisotopic (exact) mass is 441 g/mol. The molecule has 0 radical (unpaired) electrons. The number of carbonyl (C=O) groups is 1. The van der Waals surface area contributed by atoms with E-state index >= 15 is 0 Å². The van der Waals surface area contributed by atoms with E-state index in [0.29, 0.717) is 43.2 Å². The predicted octanol–water partition coefficient (Wildman–Crippen LogP) is 4.21. The second kappa shape index (κ2) is 9.44. The molecule has 168 valence electrons. The molecule has 1 fully saturated rings. The number of aromatic nitrogens is 3. The number of ether oxygens (including phenoxy) is 1. The quantitative estimate of drug-likeness (QED) is 0.554. The maximum Gasteiger partial charge on any atom is 0.340 e. The van der Waals surface area contributed by atoms with E-state index in [1.165, 1.54) is 13.3 Å². The average molecular weight is 441 g/mol. The van der Waals surface area contributed by atoms with Crippen LogP contribution in [0.5, 0.6) is 0 Å². The van der Waals surface area contributed by atoms with Crippen molar-refractivity contribution in [3.63, 3.8) is 0 Å². The first-order valence-electron chi connectivity index (χ1n) is 10.5. The van der Waals surface area contributed by atoms with E-state index in [-0.39, 0.29) is 12.8 Å². The molecule has 0 saturated carbocycles. The summed E-state index contributed by atoms with van der Waals surface area (Å²) in [5.41, 5.74) is 2.66. The zero-order valence-corrected chi connectivity index (χ0v) is 17.8. The van der Waals surface area contributed by atoms with Crippen molar-refractivity contribution in [1.29, 1.82) is 0 Å². The molecule has 0 amide bonds. The molecule has 1 aliphatic rings. The molecule has 32 heavy (non-hydrogen) atoms. The molecule has 0 bridgehead atoms. The van der Waals surface area contributed by atoms with Crippen molar-refractivity contribution >= 4 is 17.5 Å². The van der Waals surface area contributed by atoms with Gasteiger partial charge in [-0.2, -0.15) is 5.10 Å². The van der Waals surface area contributed by atoms with Gasteiger partial charge in [-0.05, 0) is 11.6 Å². The van der Waals surface area contributed by atoms with Crippen LogP contribution in [0.25, 0.3) is 11.1 Å². The molecule has 0 spiro atoms. The fraction of sp³-hybridized carbons (Fsp3) is 0.348. The highest BCUT2D eigenvalue weighted by atomic mass is 19.3. The molecule has 4 rings (SSSR count). The third-order valence-corrected chi connectivity index (χ3v) is 5.56. The Kier molecular flexibility index (Phi) is 6.45. The molecule has 1 saturated heterocycles. The number of carbonyl (C=O) groups excluding carboxylic acids is 1. The van der Waals surface area contributed by atoms with Gasteiger partial charge in [-0.3, -0.25) is 9.67 Å². The number of esters is 1. The summed E-state index contributed by atoms with van der Waals surface area (Å²) in [6.07, 6.45) is 4.78. The Hall–Kier alpha value is -3.33. The number of hydrogen-bond donors (Lipinski definition) is 1. The lowest BCUT2D eigenvalue weighted by Gasteiger charge is -2.31. The predicted molar refractivity (Wildman–Crippen MR) is 117 cm³/mol. The van der Waals surface area contributed by atoms with Gasteiger partial charge < -0.3 is 15.0 Å². The highest BCUT2D eigenvalue weighted by Crippen LogP contribution is 2.31. The average Bonchev–Trinajstić information content (AvgIpc) is 3.21. The zero-order chi connectivity index (χ0) is 22.6. The highest BCUT2D eigenvalue weighted by Gasteiger charge is 2.33. The van der Waals surface area contributed by atoms with E-state index in [4.69, 9.17) is 4.74 Å². The van der Waals surface area contributed by atoms with E-state index in [1.807, 2.05) is 41.4 Å². The molecular formula is C23H25F2N5O2. The van der Waals surface area contributed by atoms with Gasteiger partial charge in [0.15, 0.2) is 5.82 Å². The number of benzene rings is 1. The number of anilines is 2. The SMILES string of the molecule is COC(=O)c1ccncc1Nc1nn(CCN2CCC(F)(F)CC2)cc1-c1ccccc1. The van der Waals surface area contributed by atoms with E-state index in [0.717, 1.165) is 11.1 Å². The molecular weight excluding hydrogens is 416 g/mol. The Morgan fingerprint density at radius 3 is 2.62 bits per heavy atom. The van der Waals surface area contributed by atoms with E-state index in [1.54, 1.807) is 16.9 Å². The number of rotatable bonds is 7. The van der Waals surface area contributed by atoms with Gasteiger partial charge >= 0.3 is 5.97 Å². The number of halogens is 2. The van der Waals surface area contributed by atoms with Crippen molar-refractivity contribution in [3.8, 4) is 11.1 Å². The molecule has 3 heterocycles. The Morgan fingerprint density at radius 2 is 1.91 bits per heavy atom. The van der Waals surface area contributed by atoms with Crippen molar-refractivity contribution in [3.05, 3.63) is 60.6 Å². The van der Waals surface area contributed by atoms with Crippen LogP contribution in [0.1, 0.15) is 23.2 Å². The van der Waals surface area contributed by atoms with E-state index < -0.39 is 11.9 Å². The number of piperidine rings is 1. The number of hydrogen-bond acceptors (Lipinski definition) is 6. The summed E-state index contributed by atoms with van der Waals surface area (Å²) in [6, 6.07) is 11.3. The Morgan fingerprint density at radius 1 is 1.16 bits per heavy atom. The summed E-state index contributed by atoms with van der Waals surface area (Å²) in [7, 11) is 1.33. The van der Waals surface area contributed by atoms with Crippen molar-refractivity contribution in [2.45, 2.75) is 25.3 Å². The fourth-order valence-electron chi connectivity index (χ4n) is 3.71. The number of alkyl halides is 2. The topological polar surface area (TPSA) is 72.3 Å². The minimum atomic E-state index is -2.55. The second-order valence-corrected chi connectivity index (χ2v) is 7.76. The van der Waals surface area contributed by atoms with Gasteiger partial charge in [-0.15, -0.1) is 0 Å². The minimum absolute atomic E-state index is 0.106. The minimum Gasteiger partial charge on any atom is -0.465 e. The first kappa shape index (κ1) is 21.9. The van der Waals surface area contributed by atoms with Crippen molar-refractivity contribution in [2.24, 2.45) is 0 Å². The van der Waals surface area contributed by atoms with Crippen molar-refractivity contribution < 1.29 is 18.3 Å². The number of pyridine rings is 1. The van der Waals surface area contributed by atoms with Crippen LogP contribution in [0.4, 0.5) is 20.3 Å². The largest absolute Gasteiger partial charge is 0.465 e. The molecule has 0 unspecified atom stereocenters. The molecule has 1 aromatic carbocycles. The van der Waals surface area contributed by atoms with E-state index in [9.17, 15) is 13.6 Å². The van der Waals surface area contributed by atoms with Gasteiger partial charge in [0, 0.05) is 50.4 Å². The van der Waals surface area contributed by atoms with Gasteiger partial charge in [0.2, 0.25) is 0 Å². The summed E-state index contributed by atoms with van der Waals surface area (Å²) in [5.74, 6) is -2.46. The van der Waals surface area contributed by atoms with Crippen LogP contribution >= 0.6 is 0 Å². The van der Waals surface area contributed by atoms with Crippen LogP contribution in [0.2, 0.25) is 0 Å². The molecule has 7 nitrogen and oxygen atoms in total. The van der Waals surface area contributed by atoms with Gasteiger partial charge in [0.25, 0.3) is 5.92 Å². The number of nitrogens with zero attached hydrogens (tertiary/aromatic N) is 4. The van der Waals surface area contributed by atoms with Crippen molar-refractivity contribution in [1.82, 2.24) is 19.7 Å². The Balaban J connectivity index is 1.57. The summed E-state index contributed by atoms with van der Waals surface area (Å²) in [6.45, 7) is 1.95. The van der Waals surface area contributed by atoms with Crippen LogP contribution in [0, 0.1) is 0 Å². The zero-order valence-electron chi connectivity index (χ0n) is 17.8. The normalized spacial score (nSPS) is 16.0. The number of likely N-dealkylation sites (tertiary alicyclic amines) is 1. The van der Waals surface area contributed by atoms with Gasteiger partial charge in [0.05, 0.1) is 31.1 Å². The summed E-state index contributed by atoms with van der Waals surface area (Å²) >= 11 is 0. The molecule has 2 aromatic heterocycles. The highest BCUT2D eigenvalue weighted by molar-refractivity contribution is 5.96. The Bertz CT molecular complexity index is 1060. The van der Waals surface area contributed by atoms with Crippen molar-refractivity contribution in [2.75, 3.05) is 32.1 Å². The first-order valence-corrected chi connectivity index (χ1v) is 10.5. The summed E-state index contributed by atoms with van der Waals surface area (Å²) in [4.78, 5) is 18.3. The number of nitrogens with one attached hydrogen (secondary N) is 1. The fourth-order valence-corrected chi connectivity index (χ4v) is 3.71. The molecule has 1 aliphatic heterocycles. The smallest absolute Gasteiger partial charge is 0.340 e. The van der Waals surface area contributed by atoms with E-state index in [2.05, 4.69) is 15.4 Å². The van der Waals surface area contributed by atoms with Gasteiger partial charge in [-0.1, -0.05) is 30.3 Å². The van der Waals surface area contributed by atoms with Crippen LogP contribution in [0.15, 0.2) is 55.0 Å². The second-order valence-electron chi connectivity index (χ2n) is 7.76. The molecule has 0 aliphatic carbocycles. The lowest BCUT2D eigenvalue weighted by atomic mass is 10.1. The maximum atomic E-state index is 13.4. The lowest BCUT2D eigenvalue weighted by Crippen LogP contribution is -2.40. The summed E-state index contributed by atoms with van der Waals surface area (Å²) < 4.78 is 33.5. The van der Waals surface area contributed by atoms with Crippen LogP contribution < -0.4 is 5.32 Å². The summed E-state index contributed by atoms with van der Waals surface area (Å²) in [5, 5.41) is 7.89.